The second kappa shape index (κ2) is 8.57. The Balaban J connectivity index is 1.56. The zero-order valence-corrected chi connectivity index (χ0v) is 24.5. The first kappa shape index (κ1) is 24.4. The molecule has 0 N–H and O–H groups in total. The molecule has 1 heterocycles. The summed E-state index contributed by atoms with van der Waals surface area (Å²) in [6.45, 7) is 11.7. The van der Waals surface area contributed by atoms with E-state index >= 15 is 0 Å². The van der Waals surface area contributed by atoms with E-state index in [-0.39, 0.29) is 12.1 Å². The SMILES string of the molecule is Cc1cc(C)c(-c2ccc3cc4c5c(ccc6ccc2c3c65)B(c2ccccc2)c2ccccc2C4(C)C)c(C)c1. The largest absolute Gasteiger partial charge is 0.242 e. The molecule has 0 saturated carbocycles. The Bertz CT molecular complexity index is 2130. The van der Waals surface area contributed by atoms with E-state index in [4.69, 9.17) is 0 Å². The van der Waals surface area contributed by atoms with E-state index in [9.17, 15) is 0 Å². The van der Waals surface area contributed by atoms with E-state index in [1.807, 2.05) is 0 Å². The van der Waals surface area contributed by atoms with Gasteiger partial charge in [0.2, 0.25) is 6.71 Å². The average molecular weight is 525 g/mol. The molecule has 41 heavy (non-hydrogen) atoms. The van der Waals surface area contributed by atoms with E-state index in [0.717, 1.165) is 0 Å². The average Bonchev–Trinajstić information content (AvgIpc) is 3.05. The Morgan fingerprint density at radius 3 is 2.00 bits per heavy atom. The normalized spacial score (nSPS) is 14.1. The van der Waals surface area contributed by atoms with Crippen molar-refractivity contribution < 1.29 is 0 Å². The molecule has 0 atom stereocenters. The van der Waals surface area contributed by atoms with Crippen molar-refractivity contribution in [3.05, 3.63) is 137 Å². The van der Waals surface area contributed by atoms with Gasteiger partial charge in [-0.05, 0) is 92.5 Å². The van der Waals surface area contributed by atoms with Gasteiger partial charge < -0.3 is 0 Å². The maximum atomic E-state index is 2.51. The van der Waals surface area contributed by atoms with Crippen molar-refractivity contribution in [3.63, 3.8) is 0 Å². The summed E-state index contributed by atoms with van der Waals surface area (Å²) in [5.41, 5.74) is 13.6. The summed E-state index contributed by atoms with van der Waals surface area (Å²) in [4.78, 5) is 0. The Morgan fingerprint density at radius 2 is 1.22 bits per heavy atom. The van der Waals surface area contributed by atoms with Gasteiger partial charge >= 0.3 is 0 Å². The summed E-state index contributed by atoms with van der Waals surface area (Å²) in [6, 6.07) is 41.6. The molecule has 1 aliphatic rings. The molecule has 0 unspecified atom stereocenters. The summed E-state index contributed by atoms with van der Waals surface area (Å²) in [5, 5.41) is 8.26. The zero-order chi connectivity index (χ0) is 28.0. The van der Waals surface area contributed by atoms with Crippen LogP contribution in [0.1, 0.15) is 41.7 Å². The number of fused-ring (bicyclic) bond motifs is 1. The smallest absolute Gasteiger partial charge is 0.0686 e. The third kappa shape index (κ3) is 3.36. The number of benzene rings is 7. The third-order valence-electron chi connectivity index (χ3n) is 9.81. The Kier molecular flexibility index (Phi) is 5.11. The van der Waals surface area contributed by atoms with Crippen molar-refractivity contribution in [2.75, 3.05) is 0 Å². The molecular weight excluding hydrogens is 491 g/mol. The molecular formula is C40H33B. The zero-order valence-electron chi connectivity index (χ0n) is 24.5. The van der Waals surface area contributed by atoms with Crippen LogP contribution in [-0.2, 0) is 5.41 Å². The molecule has 8 rings (SSSR count). The van der Waals surface area contributed by atoms with Crippen LogP contribution in [0.25, 0.3) is 43.4 Å². The van der Waals surface area contributed by atoms with Gasteiger partial charge in [0.25, 0.3) is 0 Å². The van der Waals surface area contributed by atoms with E-state index < -0.39 is 0 Å². The molecule has 1 heteroatoms. The predicted molar refractivity (Wildman–Crippen MR) is 179 cm³/mol. The Hall–Kier alpha value is -4.36. The van der Waals surface area contributed by atoms with Crippen LogP contribution in [0.4, 0.5) is 0 Å². The lowest BCUT2D eigenvalue weighted by Gasteiger charge is -2.30. The fourth-order valence-corrected chi connectivity index (χ4v) is 8.13. The van der Waals surface area contributed by atoms with Gasteiger partial charge in [-0.3, -0.25) is 0 Å². The molecule has 0 spiro atoms. The van der Waals surface area contributed by atoms with Crippen molar-refractivity contribution in [1.82, 2.24) is 0 Å². The molecule has 0 aromatic heterocycles. The van der Waals surface area contributed by atoms with Crippen LogP contribution in [0.15, 0.2) is 109 Å². The Morgan fingerprint density at radius 1 is 0.537 bits per heavy atom. The highest BCUT2D eigenvalue weighted by atomic mass is 14.3. The van der Waals surface area contributed by atoms with Crippen LogP contribution in [0.2, 0.25) is 0 Å². The first-order chi connectivity index (χ1) is 19.8. The maximum absolute atomic E-state index is 2.51. The van der Waals surface area contributed by atoms with Crippen molar-refractivity contribution in [3.8, 4) is 11.1 Å². The second-order valence-corrected chi connectivity index (χ2v) is 12.7. The monoisotopic (exact) mass is 524 g/mol. The summed E-state index contributed by atoms with van der Waals surface area (Å²) in [5.74, 6) is 0. The minimum Gasteiger partial charge on any atom is -0.0686 e. The van der Waals surface area contributed by atoms with Gasteiger partial charge in [-0.2, -0.15) is 0 Å². The fourth-order valence-electron chi connectivity index (χ4n) is 8.13. The summed E-state index contributed by atoms with van der Waals surface area (Å²) in [7, 11) is 0. The molecule has 0 aliphatic carbocycles. The molecule has 7 aromatic carbocycles. The van der Waals surface area contributed by atoms with Gasteiger partial charge in [-0.25, -0.2) is 0 Å². The first-order valence-electron chi connectivity index (χ1n) is 14.8. The van der Waals surface area contributed by atoms with E-state index in [2.05, 4.69) is 144 Å². The van der Waals surface area contributed by atoms with E-state index in [0.29, 0.717) is 0 Å². The van der Waals surface area contributed by atoms with Gasteiger partial charge in [0, 0.05) is 5.41 Å². The van der Waals surface area contributed by atoms with Crippen molar-refractivity contribution in [1.29, 1.82) is 0 Å². The lowest BCUT2D eigenvalue weighted by molar-refractivity contribution is 0.653. The quantitative estimate of drug-likeness (QED) is 0.158. The van der Waals surface area contributed by atoms with Gasteiger partial charge in [-0.1, -0.05) is 139 Å². The molecule has 0 amide bonds. The standard InChI is InChI=1S/C40H33B/c1-24-21-25(2)36(26(3)22-24)30-19-16-28-23-33-39-35(20-17-27-15-18-31(30)37(28)38(27)39)41(29-11-7-6-8-12-29)34-14-10-9-13-32(34)40(33,4)5/h6-23H,1-5H3. The number of hydrogen-bond acceptors (Lipinski definition) is 0. The van der Waals surface area contributed by atoms with Gasteiger partial charge in [0.1, 0.15) is 0 Å². The number of aryl methyl sites for hydroxylation is 3. The van der Waals surface area contributed by atoms with Gasteiger partial charge in [0.05, 0.1) is 0 Å². The van der Waals surface area contributed by atoms with Crippen LogP contribution in [0.3, 0.4) is 0 Å². The summed E-state index contributed by atoms with van der Waals surface area (Å²) in [6.07, 6.45) is 0. The molecule has 0 bridgehead atoms. The molecule has 1 aliphatic heterocycles. The lowest BCUT2D eigenvalue weighted by Crippen LogP contribution is -2.53. The van der Waals surface area contributed by atoms with E-state index in [1.165, 1.54) is 87.6 Å². The second-order valence-electron chi connectivity index (χ2n) is 12.7. The highest BCUT2D eigenvalue weighted by molar-refractivity contribution is 6.97. The maximum Gasteiger partial charge on any atom is 0.242 e. The molecule has 196 valence electrons. The van der Waals surface area contributed by atoms with Crippen LogP contribution in [0.5, 0.6) is 0 Å². The Labute approximate surface area is 243 Å². The summed E-state index contributed by atoms with van der Waals surface area (Å²) >= 11 is 0. The highest BCUT2D eigenvalue weighted by Gasteiger charge is 2.38. The van der Waals surface area contributed by atoms with Crippen molar-refractivity contribution in [2.45, 2.75) is 40.0 Å². The molecule has 0 fully saturated rings. The number of hydrogen-bond donors (Lipinski definition) is 0. The first-order valence-corrected chi connectivity index (χ1v) is 14.8. The molecule has 0 nitrogen and oxygen atoms in total. The topological polar surface area (TPSA) is 0 Å². The van der Waals surface area contributed by atoms with Crippen LogP contribution in [-0.4, -0.2) is 6.71 Å². The van der Waals surface area contributed by atoms with Gasteiger partial charge in [0.15, 0.2) is 0 Å². The summed E-state index contributed by atoms with van der Waals surface area (Å²) < 4.78 is 0. The van der Waals surface area contributed by atoms with Crippen molar-refractivity contribution in [2.24, 2.45) is 0 Å². The highest BCUT2D eigenvalue weighted by Crippen LogP contribution is 2.46. The lowest BCUT2D eigenvalue weighted by atomic mass is 9.36. The van der Waals surface area contributed by atoms with Crippen LogP contribution in [0, 0.1) is 20.8 Å². The van der Waals surface area contributed by atoms with Crippen molar-refractivity contribution >= 4 is 55.4 Å². The van der Waals surface area contributed by atoms with Crippen LogP contribution >= 0.6 is 0 Å². The molecule has 0 radical (unpaired) electrons. The minimum absolute atomic E-state index is 0.147. The van der Waals surface area contributed by atoms with Gasteiger partial charge in [-0.15, -0.1) is 0 Å². The predicted octanol–water partition coefficient (Wildman–Crippen LogP) is 8.33. The molecule has 0 saturated heterocycles. The fraction of sp³-hybridized carbons (Fsp3) is 0.150. The van der Waals surface area contributed by atoms with Crippen LogP contribution < -0.4 is 16.4 Å². The number of rotatable bonds is 2. The molecule has 7 aromatic rings. The minimum atomic E-state index is -0.147. The van der Waals surface area contributed by atoms with E-state index in [1.54, 1.807) is 0 Å². The third-order valence-corrected chi connectivity index (χ3v) is 9.81.